The third-order valence-corrected chi connectivity index (χ3v) is 4.58. The third kappa shape index (κ3) is 4.57. The third-order valence-electron chi connectivity index (χ3n) is 3.02. The monoisotopic (exact) mass is 368 g/mol. The van der Waals surface area contributed by atoms with Gasteiger partial charge in [0.2, 0.25) is 5.91 Å². The summed E-state index contributed by atoms with van der Waals surface area (Å²) >= 11 is 4.80. The molecule has 0 fully saturated rings. The van der Waals surface area contributed by atoms with Crippen LogP contribution in [0.15, 0.2) is 40.2 Å². The summed E-state index contributed by atoms with van der Waals surface area (Å²) in [5.74, 6) is 0.331. The molecule has 0 radical (unpaired) electrons. The standard InChI is InChI=1S/C14H17BrN4OS/c1-3-12(10-4-6-11(15)7-5-10)17-13(20)8-21-14-18-16-9-19(14)2/h4-7,9,12H,3,8H2,1-2H3,(H,17,20)/t12-/m0/s1. The predicted molar refractivity (Wildman–Crippen MR) is 87.0 cm³/mol. The lowest BCUT2D eigenvalue weighted by Gasteiger charge is -2.17. The molecule has 0 bridgehead atoms. The van der Waals surface area contributed by atoms with Crippen molar-refractivity contribution < 1.29 is 4.79 Å². The van der Waals surface area contributed by atoms with Crippen molar-refractivity contribution in [2.45, 2.75) is 24.5 Å². The molecule has 0 aliphatic rings. The molecule has 1 aromatic carbocycles. The van der Waals surface area contributed by atoms with E-state index in [1.54, 1.807) is 10.9 Å². The van der Waals surface area contributed by atoms with Crippen LogP contribution in [0.2, 0.25) is 0 Å². The van der Waals surface area contributed by atoms with E-state index in [-0.39, 0.29) is 11.9 Å². The van der Waals surface area contributed by atoms with Gasteiger partial charge in [-0.05, 0) is 24.1 Å². The highest BCUT2D eigenvalue weighted by Crippen LogP contribution is 2.20. The Kier molecular flexibility index (Phi) is 5.81. The second kappa shape index (κ2) is 7.61. The first-order valence-electron chi connectivity index (χ1n) is 6.61. The van der Waals surface area contributed by atoms with E-state index < -0.39 is 0 Å². The molecule has 0 saturated heterocycles. The number of amides is 1. The van der Waals surface area contributed by atoms with Crippen molar-refractivity contribution in [3.63, 3.8) is 0 Å². The highest BCUT2D eigenvalue weighted by molar-refractivity contribution is 9.10. The van der Waals surface area contributed by atoms with Crippen molar-refractivity contribution in [2.24, 2.45) is 7.05 Å². The minimum absolute atomic E-state index is 0.00207. The number of hydrogen-bond donors (Lipinski definition) is 1. The van der Waals surface area contributed by atoms with Crippen LogP contribution in [0.4, 0.5) is 0 Å². The summed E-state index contributed by atoms with van der Waals surface area (Å²) in [6, 6.07) is 8.05. The van der Waals surface area contributed by atoms with Gasteiger partial charge < -0.3 is 9.88 Å². The molecule has 0 unspecified atom stereocenters. The first kappa shape index (κ1) is 16.0. The minimum Gasteiger partial charge on any atom is -0.349 e. The second-order valence-corrected chi connectivity index (χ2v) is 6.45. The molecule has 7 heteroatoms. The average Bonchev–Trinajstić information content (AvgIpc) is 2.89. The number of carbonyl (C=O) groups is 1. The molecule has 1 aromatic heterocycles. The first-order chi connectivity index (χ1) is 10.1. The number of rotatable bonds is 6. The molecular weight excluding hydrogens is 352 g/mol. The number of nitrogens with zero attached hydrogens (tertiary/aromatic N) is 3. The number of halogens is 1. The number of carbonyl (C=O) groups excluding carboxylic acids is 1. The van der Waals surface area contributed by atoms with Crippen LogP contribution in [-0.4, -0.2) is 26.4 Å². The van der Waals surface area contributed by atoms with Crippen molar-refractivity contribution in [3.8, 4) is 0 Å². The number of thioether (sulfide) groups is 1. The van der Waals surface area contributed by atoms with Crippen molar-refractivity contribution >= 4 is 33.6 Å². The maximum absolute atomic E-state index is 12.1. The molecule has 1 heterocycles. The second-order valence-electron chi connectivity index (χ2n) is 4.59. The molecule has 0 aliphatic heterocycles. The topological polar surface area (TPSA) is 59.8 Å². The summed E-state index contributed by atoms with van der Waals surface area (Å²) < 4.78 is 2.83. The number of aryl methyl sites for hydroxylation is 1. The van der Waals surface area contributed by atoms with Gasteiger partial charge in [0.05, 0.1) is 11.8 Å². The maximum atomic E-state index is 12.1. The van der Waals surface area contributed by atoms with E-state index in [1.807, 2.05) is 31.3 Å². The van der Waals surface area contributed by atoms with Crippen molar-refractivity contribution in [2.75, 3.05) is 5.75 Å². The normalized spacial score (nSPS) is 12.1. The molecule has 0 aliphatic carbocycles. The largest absolute Gasteiger partial charge is 0.349 e. The number of benzene rings is 1. The van der Waals surface area contributed by atoms with Gasteiger partial charge in [-0.2, -0.15) is 0 Å². The van der Waals surface area contributed by atoms with Gasteiger partial charge in [0, 0.05) is 11.5 Å². The lowest BCUT2D eigenvalue weighted by molar-refractivity contribution is -0.119. The van der Waals surface area contributed by atoms with Crippen LogP contribution < -0.4 is 5.32 Å². The molecule has 1 amide bonds. The summed E-state index contributed by atoms with van der Waals surface area (Å²) in [7, 11) is 1.86. The number of aromatic nitrogens is 3. The van der Waals surface area contributed by atoms with Crippen LogP contribution in [0.3, 0.4) is 0 Å². The van der Waals surface area contributed by atoms with Gasteiger partial charge in [0.1, 0.15) is 6.33 Å². The first-order valence-corrected chi connectivity index (χ1v) is 8.39. The van der Waals surface area contributed by atoms with Gasteiger partial charge in [-0.15, -0.1) is 10.2 Å². The predicted octanol–water partition coefficient (Wildman–Crippen LogP) is 2.94. The maximum Gasteiger partial charge on any atom is 0.230 e. The van der Waals surface area contributed by atoms with E-state index in [4.69, 9.17) is 0 Å². The summed E-state index contributed by atoms with van der Waals surface area (Å²) in [5, 5.41) is 11.5. The van der Waals surface area contributed by atoms with Crippen LogP contribution in [0.25, 0.3) is 0 Å². The highest BCUT2D eigenvalue weighted by Gasteiger charge is 2.13. The Hall–Kier alpha value is -1.34. The van der Waals surface area contributed by atoms with Crippen molar-refractivity contribution in [1.82, 2.24) is 20.1 Å². The molecular formula is C14H17BrN4OS. The van der Waals surface area contributed by atoms with Gasteiger partial charge in [0.15, 0.2) is 5.16 Å². The highest BCUT2D eigenvalue weighted by atomic mass is 79.9. The molecule has 2 rings (SSSR count). The number of hydrogen-bond acceptors (Lipinski definition) is 4. The zero-order valence-corrected chi connectivity index (χ0v) is 14.3. The summed E-state index contributed by atoms with van der Waals surface area (Å²) in [4.78, 5) is 12.1. The van der Waals surface area contributed by atoms with Crippen LogP contribution in [-0.2, 0) is 11.8 Å². The van der Waals surface area contributed by atoms with Crippen molar-refractivity contribution in [3.05, 3.63) is 40.6 Å². The van der Waals surface area contributed by atoms with E-state index in [0.29, 0.717) is 5.75 Å². The fourth-order valence-electron chi connectivity index (χ4n) is 1.89. The molecule has 1 atom stereocenters. The Balaban J connectivity index is 1.90. The Labute approximate surface area is 136 Å². The SMILES string of the molecule is CC[C@H](NC(=O)CSc1nncn1C)c1ccc(Br)cc1. The van der Waals surface area contributed by atoms with Crippen molar-refractivity contribution in [1.29, 1.82) is 0 Å². The molecule has 0 saturated carbocycles. The van der Waals surface area contributed by atoms with Gasteiger partial charge in [-0.1, -0.05) is 46.7 Å². The van der Waals surface area contributed by atoms with Crippen LogP contribution >= 0.6 is 27.7 Å². The van der Waals surface area contributed by atoms with E-state index in [0.717, 1.165) is 21.6 Å². The molecule has 0 spiro atoms. The Morgan fingerprint density at radius 2 is 2.14 bits per heavy atom. The Morgan fingerprint density at radius 1 is 1.43 bits per heavy atom. The lowest BCUT2D eigenvalue weighted by Crippen LogP contribution is -2.29. The summed E-state index contributed by atoms with van der Waals surface area (Å²) in [5.41, 5.74) is 1.11. The van der Waals surface area contributed by atoms with E-state index >= 15 is 0 Å². The van der Waals surface area contributed by atoms with E-state index in [9.17, 15) is 4.79 Å². The molecule has 1 N–H and O–H groups in total. The molecule has 5 nitrogen and oxygen atoms in total. The van der Waals surface area contributed by atoms with E-state index in [1.165, 1.54) is 11.8 Å². The Bertz CT molecular complexity index is 599. The van der Waals surface area contributed by atoms with Crippen LogP contribution in [0.1, 0.15) is 24.9 Å². The Morgan fingerprint density at radius 3 is 2.71 bits per heavy atom. The average molecular weight is 369 g/mol. The fourth-order valence-corrected chi connectivity index (χ4v) is 2.85. The zero-order valence-electron chi connectivity index (χ0n) is 11.9. The van der Waals surface area contributed by atoms with Gasteiger partial charge in [0.25, 0.3) is 0 Å². The fraction of sp³-hybridized carbons (Fsp3) is 0.357. The number of nitrogens with one attached hydrogen (secondary N) is 1. The van der Waals surface area contributed by atoms with E-state index in [2.05, 4.69) is 38.4 Å². The lowest BCUT2D eigenvalue weighted by atomic mass is 10.0. The van der Waals surface area contributed by atoms with Crippen LogP contribution in [0, 0.1) is 0 Å². The summed E-state index contributed by atoms with van der Waals surface area (Å²) in [6.07, 6.45) is 2.47. The van der Waals surface area contributed by atoms with Gasteiger partial charge in [-0.3, -0.25) is 4.79 Å². The van der Waals surface area contributed by atoms with Gasteiger partial charge >= 0.3 is 0 Å². The zero-order chi connectivity index (χ0) is 15.2. The molecule has 112 valence electrons. The molecule has 2 aromatic rings. The summed E-state index contributed by atoms with van der Waals surface area (Å²) in [6.45, 7) is 2.06. The quantitative estimate of drug-likeness (QED) is 0.796. The van der Waals surface area contributed by atoms with Gasteiger partial charge in [-0.25, -0.2) is 0 Å². The molecule has 21 heavy (non-hydrogen) atoms. The smallest absolute Gasteiger partial charge is 0.230 e. The minimum atomic E-state index is -0.00207. The van der Waals surface area contributed by atoms with Crippen LogP contribution in [0.5, 0.6) is 0 Å².